The molecule has 0 aromatic heterocycles. The molecule has 0 aliphatic heterocycles. The molecule has 13 heavy (non-hydrogen) atoms. The summed E-state index contributed by atoms with van der Waals surface area (Å²) in [6, 6.07) is 0. The Morgan fingerprint density at radius 3 is 1.38 bits per heavy atom. The Bertz CT molecular complexity index is 227. The van der Waals surface area contributed by atoms with Gasteiger partial charge in [0, 0.05) is 0 Å². The van der Waals surface area contributed by atoms with Gasteiger partial charge in [-0.2, -0.15) is 0 Å². The van der Waals surface area contributed by atoms with Crippen molar-refractivity contribution >= 4 is 17.9 Å². The van der Waals surface area contributed by atoms with Gasteiger partial charge in [-0.1, -0.05) is 0 Å². The fraction of sp³-hybridized carbons (Fsp3) is 0.500. The van der Waals surface area contributed by atoms with Gasteiger partial charge in [0.2, 0.25) is 0 Å². The highest BCUT2D eigenvalue weighted by atomic mass is 16.5. The van der Waals surface area contributed by atoms with E-state index in [2.05, 4.69) is 0 Å². The molecule has 0 aliphatic carbocycles. The molecule has 0 bridgehead atoms. The van der Waals surface area contributed by atoms with Crippen molar-refractivity contribution in [2.75, 3.05) is 0 Å². The van der Waals surface area contributed by atoms with E-state index in [9.17, 15) is 14.4 Å². The van der Waals surface area contributed by atoms with Crippen molar-refractivity contribution < 1.29 is 34.8 Å². The van der Waals surface area contributed by atoms with Crippen LogP contribution in [0.5, 0.6) is 0 Å². The Kier molecular flexibility index (Phi) is 3.37. The maximum atomic E-state index is 10.3. The first-order chi connectivity index (χ1) is 5.78. The van der Waals surface area contributed by atoms with Gasteiger partial charge >= 0.3 is 17.9 Å². The Morgan fingerprint density at radius 1 is 0.923 bits per heavy atom. The Labute approximate surface area is 72.2 Å². The number of aliphatic hydroxyl groups is 1. The van der Waals surface area contributed by atoms with Crippen LogP contribution in [-0.4, -0.2) is 43.9 Å². The van der Waals surface area contributed by atoms with Gasteiger partial charge in [0.1, 0.15) is 0 Å². The second kappa shape index (κ2) is 3.85. The van der Waals surface area contributed by atoms with E-state index in [-0.39, 0.29) is 0 Å². The molecule has 0 saturated carbocycles. The minimum Gasteiger partial charge on any atom is -0.481 e. The maximum absolute atomic E-state index is 10.3. The lowest BCUT2D eigenvalue weighted by Gasteiger charge is -2.18. The third kappa shape index (κ3) is 3.52. The average molecular weight is 197 g/mol. The van der Waals surface area contributed by atoms with Crippen molar-refractivity contribution in [3.8, 4) is 0 Å². The zero-order chi connectivity index (χ0) is 10.6. The molecule has 7 heteroatoms. The molecule has 0 heterocycles. The number of hydrogen-bond donors (Lipinski definition) is 4. The van der Waals surface area contributed by atoms with Crippen LogP contribution in [0, 0.1) is 0 Å². The van der Waals surface area contributed by atoms with Crippen molar-refractivity contribution in [2.24, 2.45) is 0 Å². The zero-order valence-corrected chi connectivity index (χ0v) is 6.43. The van der Waals surface area contributed by atoms with Crippen LogP contribution in [0.4, 0.5) is 0 Å². The van der Waals surface area contributed by atoms with Crippen LogP contribution < -0.4 is 0 Å². The number of carboxylic acid groups (broad SMARTS) is 3. The second-order valence-electron chi connectivity index (χ2n) is 2.48. The molecule has 0 aromatic carbocycles. The monoisotopic (exact) mass is 197 g/mol. The third-order valence-corrected chi connectivity index (χ3v) is 1.29. The highest BCUT2D eigenvalue weighted by Crippen LogP contribution is 2.15. The largest absolute Gasteiger partial charge is 0.481 e. The first-order valence-electron chi connectivity index (χ1n) is 3.17. The lowest BCUT2D eigenvalue weighted by Crippen LogP contribution is -2.42. The van der Waals surface area contributed by atoms with Crippen LogP contribution in [0.2, 0.25) is 0 Å². The predicted octanol–water partition coefficient (Wildman–Crippen LogP) is -1.25. The quantitative estimate of drug-likeness (QED) is 0.405. The normalized spacial score (nSPS) is 10.8. The first-order valence-corrected chi connectivity index (χ1v) is 3.17. The molecule has 7 nitrogen and oxygen atoms in total. The fourth-order valence-corrected chi connectivity index (χ4v) is 0.714. The van der Waals surface area contributed by atoms with E-state index in [4.69, 9.17) is 20.4 Å². The molecule has 0 aliphatic rings. The first kappa shape index (κ1) is 11.4. The summed E-state index contributed by atoms with van der Waals surface area (Å²) in [5, 5.41) is 33.8. The van der Waals surface area contributed by atoms with Crippen molar-refractivity contribution in [1.82, 2.24) is 0 Å². The van der Waals surface area contributed by atoms with Crippen LogP contribution >= 0.6 is 0 Å². The molecule has 4 N–H and O–H groups in total. The van der Waals surface area contributed by atoms with Gasteiger partial charge in [-0.3, -0.25) is 9.59 Å². The molecule has 0 spiro atoms. The SMILES string of the molecule is O=C(O)[13C](O)([13CH2][13C](=O)O)[13CH2][13C](=O)O. The fourth-order valence-electron chi connectivity index (χ4n) is 0.714. The number of hydrogen-bond acceptors (Lipinski definition) is 4. The van der Waals surface area contributed by atoms with E-state index >= 15 is 0 Å². The van der Waals surface area contributed by atoms with Gasteiger partial charge in [0.05, 0.1) is 12.8 Å². The Morgan fingerprint density at radius 2 is 1.23 bits per heavy atom. The van der Waals surface area contributed by atoms with E-state index in [1.807, 2.05) is 0 Å². The van der Waals surface area contributed by atoms with Crippen LogP contribution in [0.1, 0.15) is 12.8 Å². The van der Waals surface area contributed by atoms with Crippen LogP contribution in [0.15, 0.2) is 0 Å². The summed E-state index contributed by atoms with van der Waals surface area (Å²) < 4.78 is 0. The van der Waals surface area contributed by atoms with Crippen LogP contribution in [0.25, 0.3) is 0 Å². The average Bonchev–Trinajstić information content (AvgIpc) is 1.82. The van der Waals surface area contributed by atoms with Gasteiger partial charge < -0.3 is 20.4 Å². The van der Waals surface area contributed by atoms with E-state index in [0.717, 1.165) is 0 Å². The van der Waals surface area contributed by atoms with Crippen LogP contribution in [-0.2, 0) is 14.4 Å². The summed E-state index contributed by atoms with van der Waals surface area (Å²) in [4.78, 5) is 30.5. The second-order valence-corrected chi connectivity index (χ2v) is 2.48. The smallest absolute Gasteiger partial charge is 0.336 e. The molecule has 0 aromatic rings. The lowest BCUT2D eigenvalue weighted by molar-refractivity contribution is -0.170. The predicted molar refractivity (Wildman–Crippen MR) is 37.1 cm³/mol. The molecular formula is C6H8O7. The lowest BCUT2D eigenvalue weighted by atomic mass is 10.7. The molecule has 0 radical (unpaired) electrons. The van der Waals surface area contributed by atoms with Crippen molar-refractivity contribution in [3.05, 3.63) is 0 Å². The highest BCUT2D eigenvalue weighted by molar-refractivity contribution is 5.88. The van der Waals surface area contributed by atoms with Gasteiger partial charge in [0.15, 0.2) is 5.60 Å². The summed E-state index contributed by atoms with van der Waals surface area (Å²) >= 11 is 0. The van der Waals surface area contributed by atoms with Crippen molar-refractivity contribution in [2.45, 2.75) is 18.4 Å². The van der Waals surface area contributed by atoms with E-state index in [0.29, 0.717) is 0 Å². The number of carbonyl (C=O) groups is 3. The molecule has 0 unspecified atom stereocenters. The molecule has 0 amide bonds. The standard InChI is InChI=1S/C6H8O7/c7-3(8)1-6(13,5(11)12)2-4(9)10/h13H,1-2H2,(H,7,8)(H,9,10)(H,11,12)/i1+1,2+1,3+1,4+1,6+1. The Balaban J connectivity index is 4.62. The minimum absolute atomic E-state index is 1.14. The summed E-state index contributed by atoms with van der Waals surface area (Å²) in [5.74, 6) is -5.02. The third-order valence-electron chi connectivity index (χ3n) is 1.29. The van der Waals surface area contributed by atoms with Gasteiger partial charge in [-0.05, 0) is 0 Å². The molecular weight excluding hydrogens is 189 g/mol. The summed E-state index contributed by atoms with van der Waals surface area (Å²) in [5.41, 5.74) is -2.74. The topological polar surface area (TPSA) is 132 Å². The van der Waals surface area contributed by atoms with Crippen molar-refractivity contribution in [1.29, 1.82) is 0 Å². The van der Waals surface area contributed by atoms with Crippen molar-refractivity contribution in [3.63, 3.8) is 0 Å². The van der Waals surface area contributed by atoms with Gasteiger partial charge in [0.25, 0.3) is 0 Å². The summed E-state index contributed by atoms with van der Waals surface area (Å²) in [6.07, 6.45) is -2.29. The summed E-state index contributed by atoms with van der Waals surface area (Å²) in [6.45, 7) is 0. The van der Waals surface area contributed by atoms with E-state index in [1.165, 1.54) is 0 Å². The van der Waals surface area contributed by atoms with Gasteiger partial charge in [-0.15, -0.1) is 0 Å². The zero-order valence-electron chi connectivity index (χ0n) is 6.43. The molecule has 0 atom stereocenters. The Hall–Kier alpha value is -1.63. The highest BCUT2D eigenvalue weighted by Gasteiger charge is 2.40. The molecule has 0 fully saturated rings. The molecule has 74 valence electrons. The van der Waals surface area contributed by atoms with Crippen LogP contribution in [0.3, 0.4) is 0 Å². The summed E-state index contributed by atoms with van der Waals surface area (Å²) in [7, 11) is 0. The number of aliphatic carboxylic acids is 3. The van der Waals surface area contributed by atoms with E-state index in [1.54, 1.807) is 0 Å². The number of rotatable bonds is 5. The molecule has 0 rings (SSSR count). The molecule has 0 saturated heterocycles. The number of carboxylic acids is 3. The minimum atomic E-state index is -2.74. The van der Waals surface area contributed by atoms with Gasteiger partial charge in [-0.25, -0.2) is 4.79 Å². The van der Waals surface area contributed by atoms with E-state index < -0.39 is 36.4 Å². The maximum Gasteiger partial charge on any atom is 0.336 e.